The molecule has 0 N–H and O–H groups in total. The molecule has 3 nitrogen and oxygen atoms in total. The van der Waals surface area contributed by atoms with Crippen LogP contribution in [0.25, 0.3) is 0 Å². The van der Waals surface area contributed by atoms with E-state index in [0.717, 1.165) is 12.2 Å². The highest BCUT2D eigenvalue weighted by atomic mass is 16.5. The van der Waals surface area contributed by atoms with Crippen LogP contribution < -0.4 is 4.74 Å². The minimum Gasteiger partial charge on any atom is -0.487 e. The monoisotopic (exact) mass is 205 g/mol. The van der Waals surface area contributed by atoms with Gasteiger partial charge in [0.25, 0.3) is 0 Å². The third-order valence-electron chi connectivity index (χ3n) is 3.37. The van der Waals surface area contributed by atoms with Crippen LogP contribution in [-0.4, -0.2) is 16.9 Å². The van der Waals surface area contributed by atoms with E-state index in [1.165, 1.54) is 0 Å². The Morgan fingerprint density at radius 2 is 2.47 bits per heavy atom. The molecule has 2 unspecified atom stereocenters. The van der Waals surface area contributed by atoms with E-state index >= 15 is 0 Å². The van der Waals surface area contributed by atoms with E-state index in [4.69, 9.17) is 4.74 Å². The lowest BCUT2D eigenvalue weighted by molar-refractivity contribution is -0.150. The van der Waals surface area contributed by atoms with Crippen molar-refractivity contribution in [3.05, 3.63) is 24.5 Å². The average molecular weight is 205 g/mol. The molecule has 2 atom stereocenters. The molecule has 3 heteroatoms. The molecule has 0 saturated heterocycles. The molecule has 1 saturated carbocycles. The van der Waals surface area contributed by atoms with Gasteiger partial charge in [-0.1, -0.05) is 6.92 Å². The molecule has 1 fully saturated rings. The van der Waals surface area contributed by atoms with Crippen molar-refractivity contribution in [3.8, 4) is 5.75 Å². The van der Waals surface area contributed by atoms with Gasteiger partial charge in [-0.3, -0.25) is 9.78 Å². The summed E-state index contributed by atoms with van der Waals surface area (Å²) in [5.41, 5.74) is -0.296. The minimum absolute atomic E-state index is 0.0131. The summed E-state index contributed by atoms with van der Waals surface area (Å²) in [7, 11) is 0. The first-order chi connectivity index (χ1) is 7.16. The number of aromatic nitrogens is 1. The summed E-state index contributed by atoms with van der Waals surface area (Å²) in [5, 5.41) is 0. The Morgan fingerprint density at radius 3 is 3.00 bits per heavy atom. The van der Waals surface area contributed by atoms with Gasteiger partial charge in [-0.25, -0.2) is 0 Å². The molecule has 0 spiro atoms. The van der Waals surface area contributed by atoms with E-state index in [-0.39, 0.29) is 11.5 Å². The molecule has 0 aromatic carbocycles. The van der Waals surface area contributed by atoms with Crippen molar-refractivity contribution in [2.75, 3.05) is 0 Å². The number of hydrogen-bond donors (Lipinski definition) is 0. The molecule has 80 valence electrons. The van der Waals surface area contributed by atoms with Gasteiger partial charge in [0.2, 0.25) is 0 Å². The molecular formula is C12H15NO2. The lowest BCUT2D eigenvalue weighted by atomic mass is 9.64. The van der Waals surface area contributed by atoms with Gasteiger partial charge in [0.1, 0.15) is 17.6 Å². The Hall–Kier alpha value is -1.38. The van der Waals surface area contributed by atoms with E-state index in [1.807, 2.05) is 26.0 Å². The zero-order valence-electron chi connectivity index (χ0n) is 9.06. The predicted octanol–water partition coefficient (Wildman–Crippen LogP) is 2.22. The predicted molar refractivity (Wildman–Crippen MR) is 56.7 cm³/mol. The van der Waals surface area contributed by atoms with Crippen LogP contribution >= 0.6 is 0 Å². The Labute approximate surface area is 89.5 Å². The molecule has 1 heterocycles. The molecule has 1 aromatic heterocycles. The standard InChI is InChI=1S/C12H15NO2/c1-3-12(2)10(14)7-11(12)15-9-5-4-6-13-8-9/h4-6,8,11H,3,7H2,1-2H3. The van der Waals surface area contributed by atoms with E-state index in [1.54, 1.807) is 12.4 Å². The van der Waals surface area contributed by atoms with E-state index in [2.05, 4.69) is 4.98 Å². The topological polar surface area (TPSA) is 39.2 Å². The van der Waals surface area contributed by atoms with Crippen LogP contribution in [0.15, 0.2) is 24.5 Å². The number of ether oxygens (including phenoxy) is 1. The molecule has 1 aromatic rings. The van der Waals surface area contributed by atoms with Crippen LogP contribution in [0, 0.1) is 5.41 Å². The van der Waals surface area contributed by atoms with E-state index in [0.29, 0.717) is 12.2 Å². The molecule has 1 aliphatic carbocycles. The fourth-order valence-corrected chi connectivity index (χ4v) is 1.85. The van der Waals surface area contributed by atoms with Crippen molar-refractivity contribution >= 4 is 5.78 Å². The molecule has 0 aliphatic heterocycles. The van der Waals surface area contributed by atoms with Crippen LogP contribution in [0.4, 0.5) is 0 Å². The second kappa shape index (κ2) is 3.65. The number of ketones is 1. The number of pyridine rings is 1. The summed E-state index contributed by atoms with van der Waals surface area (Å²) in [6.07, 6.45) is 4.76. The summed E-state index contributed by atoms with van der Waals surface area (Å²) in [4.78, 5) is 15.5. The van der Waals surface area contributed by atoms with Gasteiger partial charge >= 0.3 is 0 Å². The van der Waals surface area contributed by atoms with Gasteiger partial charge in [-0.15, -0.1) is 0 Å². The maximum atomic E-state index is 11.5. The van der Waals surface area contributed by atoms with Gasteiger partial charge in [0, 0.05) is 12.6 Å². The normalized spacial score (nSPS) is 29.7. The second-order valence-electron chi connectivity index (χ2n) is 4.19. The van der Waals surface area contributed by atoms with Crippen molar-refractivity contribution in [1.29, 1.82) is 0 Å². The highest BCUT2D eigenvalue weighted by Crippen LogP contribution is 2.42. The van der Waals surface area contributed by atoms with Gasteiger partial charge in [0.05, 0.1) is 11.6 Å². The minimum atomic E-state index is -0.296. The molecule has 1 aliphatic rings. The van der Waals surface area contributed by atoms with Crippen molar-refractivity contribution in [3.63, 3.8) is 0 Å². The highest BCUT2D eigenvalue weighted by molar-refractivity contribution is 5.92. The maximum absolute atomic E-state index is 11.5. The zero-order valence-corrected chi connectivity index (χ0v) is 9.06. The molecule has 15 heavy (non-hydrogen) atoms. The Morgan fingerprint density at radius 1 is 1.67 bits per heavy atom. The summed E-state index contributed by atoms with van der Waals surface area (Å²) in [6.45, 7) is 4.00. The zero-order chi connectivity index (χ0) is 10.9. The van der Waals surface area contributed by atoms with E-state index < -0.39 is 0 Å². The average Bonchev–Trinajstić information content (AvgIpc) is 2.29. The van der Waals surface area contributed by atoms with Crippen LogP contribution in [-0.2, 0) is 4.79 Å². The molecule has 0 amide bonds. The Balaban J connectivity index is 2.06. The summed E-state index contributed by atoms with van der Waals surface area (Å²) >= 11 is 0. The van der Waals surface area contributed by atoms with Crippen LogP contribution in [0.3, 0.4) is 0 Å². The van der Waals surface area contributed by atoms with Gasteiger partial charge in [-0.05, 0) is 25.5 Å². The Bertz CT molecular complexity index is 363. The third-order valence-corrected chi connectivity index (χ3v) is 3.37. The fraction of sp³-hybridized carbons (Fsp3) is 0.500. The second-order valence-corrected chi connectivity index (χ2v) is 4.19. The van der Waals surface area contributed by atoms with Crippen LogP contribution in [0.1, 0.15) is 26.7 Å². The van der Waals surface area contributed by atoms with Crippen molar-refractivity contribution in [1.82, 2.24) is 4.98 Å². The number of Topliss-reactive ketones (excluding diaryl/α,β-unsaturated/α-hetero) is 1. The maximum Gasteiger partial charge on any atom is 0.146 e. The molecule has 2 rings (SSSR count). The summed E-state index contributed by atoms with van der Waals surface area (Å²) in [6, 6.07) is 3.70. The summed E-state index contributed by atoms with van der Waals surface area (Å²) in [5.74, 6) is 1.05. The molecule has 0 bridgehead atoms. The smallest absolute Gasteiger partial charge is 0.146 e. The number of carbonyl (C=O) groups excluding carboxylic acids is 1. The first-order valence-electron chi connectivity index (χ1n) is 5.27. The summed E-state index contributed by atoms with van der Waals surface area (Å²) < 4.78 is 5.74. The number of hydrogen-bond acceptors (Lipinski definition) is 3. The Kier molecular flexibility index (Phi) is 2.47. The largest absolute Gasteiger partial charge is 0.487 e. The van der Waals surface area contributed by atoms with E-state index in [9.17, 15) is 4.79 Å². The van der Waals surface area contributed by atoms with Crippen molar-refractivity contribution in [2.24, 2.45) is 5.41 Å². The lowest BCUT2D eigenvalue weighted by Gasteiger charge is -2.44. The number of nitrogens with zero attached hydrogens (tertiary/aromatic N) is 1. The first kappa shape index (κ1) is 10.1. The lowest BCUT2D eigenvalue weighted by Crippen LogP contribution is -2.54. The van der Waals surface area contributed by atoms with Gasteiger partial charge in [0.15, 0.2) is 0 Å². The van der Waals surface area contributed by atoms with Gasteiger partial charge < -0.3 is 4.74 Å². The third kappa shape index (κ3) is 1.62. The van der Waals surface area contributed by atoms with Crippen molar-refractivity contribution < 1.29 is 9.53 Å². The fourth-order valence-electron chi connectivity index (χ4n) is 1.85. The molecule has 0 radical (unpaired) electrons. The number of rotatable bonds is 3. The van der Waals surface area contributed by atoms with Crippen molar-refractivity contribution in [2.45, 2.75) is 32.8 Å². The molecular weight excluding hydrogens is 190 g/mol. The van der Waals surface area contributed by atoms with Crippen LogP contribution in [0.2, 0.25) is 0 Å². The quantitative estimate of drug-likeness (QED) is 0.759. The van der Waals surface area contributed by atoms with Crippen LogP contribution in [0.5, 0.6) is 5.75 Å². The number of carbonyl (C=O) groups is 1. The first-order valence-corrected chi connectivity index (χ1v) is 5.27. The van der Waals surface area contributed by atoms with Gasteiger partial charge in [-0.2, -0.15) is 0 Å². The SMILES string of the molecule is CCC1(C)C(=O)CC1Oc1cccnc1. The highest BCUT2D eigenvalue weighted by Gasteiger charge is 2.51.